The molecule has 0 radical (unpaired) electrons. The predicted octanol–water partition coefficient (Wildman–Crippen LogP) is 6.57. The van der Waals surface area contributed by atoms with Gasteiger partial charge in [-0.05, 0) is 76.1 Å². The van der Waals surface area contributed by atoms with Crippen LogP contribution in [0.4, 0.5) is 0 Å². The van der Waals surface area contributed by atoms with E-state index in [1.165, 1.54) is 37.7 Å². The number of piperidine rings is 1. The summed E-state index contributed by atoms with van der Waals surface area (Å²) in [5.74, 6) is 0.913. The van der Waals surface area contributed by atoms with Gasteiger partial charge in [-0.2, -0.15) is 0 Å². The van der Waals surface area contributed by atoms with Crippen LogP contribution in [0.3, 0.4) is 0 Å². The van der Waals surface area contributed by atoms with Crippen LogP contribution in [0.25, 0.3) is 22.2 Å². The highest BCUT2D eigenvalue weighted by Crippen LogP contribution is 2.41. The second kappa shape index (κ2) is 11.7. The highest BCUT2D eigenvalue weighted by atomic mass is 16.5. The van der Waals surface area contributed by atoms with Crippen molar-refractivity contribution in [1.82, 2.24) is 19.7 Å². The van der Waals surface area contributed by atoms with E-state index >= 15 is 0 Å². The zero-order valence-electron chi connectivity index (χ0n) is 25.0. The molecular formula is C33H44N4O4. The molecule has 1 atom stereocenters. The van der Waals surface area contributed by atoms with Crippen molar-refractivity contribution in [3.8, 4) is 17.0 Å². The van der Waals surface area contributed by atoms with Crippen molar-refractivity contribution in [2.45, 2.75) is 96.9 Å². The van der Waals surface area contributed by atoms with Crippen LogP contribution < -0.4 is 4.74 Å². The van der Waals surface area contributed by atoms with Crippen LogP contribution in [0.2, 0.25) is 0 Å². The number of hydrogen-bond donors (Lipinski definition) is 0. The molecule has 0 N–H and O–H groups in total. The summed E-state index contributed by atoms with van der Waals surface area (Å²) < 4.78 is 19.4. The van der Waals surface area contributed by atoms with Gasteiger partial charge >= 0.3 is 5.97 Å². The largest absolute Gasteiger partial charge is 0.473 e. The van der Waals surface area contributed by atoms with Crippen LogP contribution in [-0.4, -0.2) is 63.6 Å². The Morgan fingerprint density at radius 2 is 1.88 bits per heavy atom. The molecule has 41 heavy (non-hydrogen) atoms. The lowest BCUT2D eigenvalue weighted by Gasteiger charge is -2.54. The Kier molecular flexibility index (Phi) is 8.05. The van der Waals surface area contributed by atoms with E-state index in [4.69, 9.17) is 24.3 Å². The molecule has 0 bridgehead atoms. The van der Waals surface area contributed by atoms with Crippen LogP contribution in [0.1, 0.15) is 94.7 Å². The molecule has 8 nitrogen and oxygen atoms in total. The zero-order valence-corrected chi connectivity index (χ0v) is 25.0. The van der Waals surface area contributed by atoms with Gasteiger partial charge in [-0.3, -0.25) is 4.90 Å². The Morgan fingerprint density at radius 3 is 2.54 bits per heavy atom. The Labute approximate surface area is 243 Å². The molecule has 3 aliphatic rings. The summed E-state index contributed by atoms with van der Waals surface area (Å²) in [5, 5.41) is 5.84. The number of aromatic nitrogens is 3. The number of esters is 1. The molecule has 220 valence electrons. The van der Waals surface area contributed by atoms with Crippen LogP contribution in [0, 0.1) is 5.92 Å². The number of pyridine rings is 1. The molecule has 8 heteroatoms. The molecule has 0 amide bonds. The maximum atomic E-state index is 13.0. The third-order valence-electron chi connectivity index (χ3n) is 9.05. The van der Waals surface area contributed by atoms with Gasteiger partial charge in [0.1, 0.15) is 0 Å². The van der Waals surface area contributed by atoms with E-state index in [0.29, 0.717) is 23.8 Å². The second-order valence-corrected chi connectivity index (χ2v) is 12.6. The van der Waals surface area contributed by atoms with Crippen LogP contribution in [-0.2, 0) is 16.0 Å². The molecule has 1 aromatic carbocycles. The number of ether oxygens (including phenoxy) is 3. The van der Waals surface area contributed by atoms with Gasteiger partial charge in [0.2, 0.25) is 5.88 Å². The van der Waals surface area contributed by atoms with E-state index in [2.05, 4.69) is 36.1 Å². The standard InChI is InChI=1S/C33H44N4O4/c1-5-40-32(38)28-17-27(29-30(34-28)37(26-9-7-6-8-10-26)35-31(29)41-22(2)3)25-13-11-24(12-14-25)19-36-16-15-23(4)18-33(36)20-39-21-33/h11-14,17,22-23,26H,5-10,15-16,18-21H2,1-4H3. The van der Waals surface area contributed by atoms with Crippen LogP contribution in [0.5, 0.6) is 5.88 Å². The van der Waals surface area contributed by atoms with Crippen LogP contribution >= 0.6 is 0 Å². The third-order valence-corrected chi connectivity index (χ3v) is 9.05. The molecule has 1 unspecified atom stereocenters. The fraction of sp³-hybridized carbons (Fsp3) is 0.606. The molecule has 1 saturated carbocycles. The van der Waals surface area contributed by atoms with Gasteiger partial charge in [0, 0.05) is 12.1 Å². The molecule has 2 aromatic heterocycles. The van der Waals surface area contributed by atoms with Gasteiger partial charge < -0.3 is 14.2 Å². The first-order valence-electron chi connectivity index (χ1n) is 15.6. The quantitative estimate of drug-likeness (QED) is 0.288. The molecule has 1 spiro atoms. The number of nitrogens with zero attached hydrogens (tertiary/aromatic N) is 4. The predicted molar refractivity (Wildman–Crippen MR) is 159 cm³/mol. The van der Waals surface area contributed by atoms with Crippen molar-refractivity contribution >= 4 is 17.0 Å². The zero-order chi connectivity index (χ0) is 28.6. The van der Waals surface area contributed by atoms with Crippen molar-refractivity contribution in [1.29, 1.82) is 0 Å². The van der Waals surface area contributed by atoms with E-state index in [-0.39, 0.29) is 17.7 Å². The average Bonchev–Trinajstić information content (AvgIpc) is 3.31. The molecule has 2 aliphatic heterocycles. The average molecular weight is 561 g/mol. The molecule has 4 heterocycles. The minimum Gasteiger partial charge on any atom is -0.473 e. The SMILES string of the molecule is CCOC(=O)c1cc(-c2ccc(CN3CCC(C)CC34COC4)cc2)c2c(OC(C)C)nn(C3CCCCC3)c2n1. The summed E-state index contributed by atoms with van der Waals surface area (Å²) in [5.41, 5.74) is 4.39. The van der Waals surface area contributed by atoms with E-state index in [0.717, 1.165) is 61.6 Å². The maximum absolute atomic E-state index is 13.0. The Balaban J connectivity index is 1.39. The fourth-order valence-electron chi connectivity index (χ4n) is 6.91. The lowest BCUT2D eigenvalue weighted by molar-refractivity contribution is -0.167. The van der Waals surface area contributed by atoms with Crippen molar-refractivity contribution < 1.29 is 19.0 Å². The number of carbonyl (C=O) groups excluding carboxylic acids is 1. The van der Waals surface area contributed by atoms with Gasteiger partial charge in [0.25, 0.3) is 0 Å². The van der Waals surface area contributed by atoms with E-state index < -0.39 is 5.97 Å². The number of rotatable bonds is 8. The molecule has 6 rings (SSSR count). The lowest BCUT2D eigenvalue weighted by Crippen LogP contribution is -2.64. The van der Waals surface area contributed by atoms with Crippen molar-refractivity contribution in [3.63, 3.8) is 0 Å². The first kappa shape index (κ1) is 28.2. The van der Waals surface area contributed by atoms with Gasteiger partial charge in [-0.1, -0.05) is 50.5 Å². The fourth-order valence-corrected chi connectivity index (χ4v) is 6.91. The maximum Gasteiger partial charge on any atom is 0.357 e. The van der Waals surface area contributed by atoms with Gasteiger partial charge in [0.05, 0.1) is 42.9 Å². The first-order valence-corrected chi connectivity index (χ1v) is 15.6. The summed E-state index contributed by atoms with van der Waals surface area (Å²) in [7, 11) is 0. The number of hydrogen-bond acceptors (Lipinski definition) is 7. The smallest absolute Gasteiger partial charge is 0.357 e. The summed E-state index contributed by atoms with van der Waals surface area (Å²) in [4.78, 5) is 20.4. The van der Waals surface area contributed by atoms with E-state index in [1.54, 1.807) is 0 Å². The summed E-state index contributed by atoms with van der Waals surface area (Å²) in [6, 6.07) is 10.8. The number of carbonyl (C=O) groups is 1. The highest BCUT2D eigenvalue weighted by Gasteiger charge is 2.47. The molecular weight excluding hydrogens is 516 g/mol. The molecule has 3 aromatic rings. The van der Waals surface area contributed by atoms with Gasteiger partial charge in [0.15, 0.2) is 11.3 Å². The lowest BCUT2D eigenvalue weighted by atomic mass is 9.79. The van der Waals surface area contributed by atoms with Crippen molar-refractivity contribution in [2.75, 3.05) is 26.4 Å². The molecule has 1 aliphatic carbocycles. The third kappa shape index (κ3) is 5.61. The van der Waals surface area contributed by atoms with E-state index in [9.17, 15) is 4.79 Å². The summed E-state index contributed by atoms with van der Waals surface area (Å²) >= 11 is 0. The summed E-state index contributed by atoms with van der Waals surface area (Å²) in [6.45, 7) is 12.2. The Hall–Kier alpha value is -2.97. The number of benzene rings is 1. The Morgan fingerprint density at radius 1 is 1.12 bits per heavy atom. The molecule has 2 saturated heterocycles. The number of likely N-dealkylation sites (tertiary alicyclic amines) is 1. The highest BCUT2D eigenvalue weighted by molar-refractivity contribution is 6.01. The monoisotopic (exact) mass is 560 g/mol. The van der Waals surface area contributed by atoms with Gasteiger partial charge in [-0.25, -0.2) is 14.5 Å². The van der Waals surface area contributed by atoms with Crippen LogP contribution in [0.15, 0.2) is 30.3 Å². The topological polar surface area (TPSA) is 78.7 Å². The Bertz CT molecular complexity index is 1370. The van der Waals surface area contributed by atoms with Crippen molar-refractivity contribution in [2.24, 2.45) is 5.92 Å². The minimum absolute atomic E-state index is 0.0390. The van der Waals surface area contributed by atoms with E-state index in [1.807, 2.05) is 31.5 Å². The van der Waals surface area contributed by atoms with Crippen molar-refractivity contribution in [3.05, 3.63) is 41.6 Å². The van der Waals surface area contributed by atoms with Gasteiger partial charge in [-0.15, -0.1) is 5.10 Å². The summed E-state index contributed by atoms with van der Waals surface area (Å²) in [6.07, 6.45) is 8.08. The second-order valence-electron chi connectivity index (χ2n) is 12.6. The minimum atomic E-state index is -0.415. The molecule has 3 fully saturated rings. The first-order chi connectivity index (χ1) is 19.9. The normalized spacial score (nSPS) is 21.3. The number of fused-ring (bicyclic) bond motifs is 1.